The quantitative estimate of drug-likeness (QED) is 0.873. The Kier molecular flexibility index (Phi) is 5.04. The van der Waals surface area contributed by atoms with Gasteiger partial charge in [-0.15, -0.1) is 0 Å². The van der Waals surface area contributed by atoms with Crippen molar-refractivity contribution in [1.82, 2.24) is 15.1 Å². The van der Waals surface area contributed by atoms with Crippen LogP contribution in [0.2, 0.25) is 0 Å². The Morgan fingerprint density at radius 3 is 2.86 bits per heavy atom. The summed E-state index contributed by atoms with van der Waals surface area (Å²) in [5.74, 6) is 0.382. The average Bonchev–Trinajstić information content (AvgIpc) is 2.93. The highest BCUT2D eigenvalue weighted by Gasteiger charge is 2.38. The first kappa shape index (κ1) is 16.0. The first-order chi connectivity index (χ1) is 10.1. The Bertz CT molecular complexity index is 496. The second kappa shape index (κ2) is 6.60. The fourth-order valence-electron chi connectivity index (χ4n) is 3.31. The van der Waals surface area contributed by atoms with Crippen molar-refractivity contribution in [1.29, 1.82) is 0 Å². The molecule has 0 saturated heterocycles. The highest BCUT2D eigenvalue weighted by molar-refractivity contribution is 5.93. The van der Waals surface area contributed by atoms with Crippen molar-refractivity contribution < 1.29 is 4.79 Å². The Morgan fingerprint density at radius 2 is 2.29 bits per heavy atom. The summed E-state index contributed by atoms with van der Waals surface area (Å²) < 4.78 is 1.78. The molecule has 3 N–H and O–H groups in total. The number of nitrogens with zero attached hydrogens (tertiary/aromatic N) is 2. The van der Waals surface area contributed by atoms with Crippen LogP contribution in [0.3, 0.4) is 0 Å². The molecule has 1 amide bonds. The molecule has 2 unspecified atom stereocenters. The summed E-state index contributed by atoms with van der Waals surface area (Å²) in [6.45, 7) is 7.45. The number of aromatic nitrogens is 2. The molecule has 1 fully saturated rings. The van der Waals surface area contributed by atoms with E-state index in [9.17, 15) is 4.79 Å². The van der Waals surface area contributed by atoms with Crippen LogP contribution in [0.1, 0.15) is 62.6 Å². The SMILES string of the molecule is CCc1cc(C(=O)NC2(CN)CCCCC2C)n(CC)n1. The van der Waals surface area contributed by atoms with E-state index in [1.54, 1.807) is 4.68 Å². The Labute approximate surface area is 127 Å². The maximum absolute atomic E-state index is 12.7. The standard InChI is InChI=1S/C16H28N4O/c1-4-13-10-14(20(5-2)19-13)15(21)18-16(11-17)9-7-6-8-12(16)3/h10,12H,4-9,11,17H2,1-3H3,(H,18,21). The molecular weight excluding hydrogens is 264 g/mol. The third-order valence-corrected chi connectivity index (χ3v) is 4.91. The number of amides is 1. The summed E-state index contributed by atoms with van der Waals surface area (Å²) in [6, 6.07) is 1.90. The van der Waals surface area contributed by atoms with Crippen LogP contribution in [-0.2, 0) is 13.0 Å². The van der Waals surface area contributed by atoms with Crippen LogP contribution in [0.15, 0.2) is 6.07 Å². The first-order valence-electron chi connectivity index (χ1n) is 8.15. The zero-order valence-electron chi connectivity index (χ0n) is 13.5. The van der Waals surface area contributed by atoms with Crippen molar-refractivity contribution in [3.8, 4) is 0 Å². The van der Waals surface area contributed by atoms with Crippen molar-refractivity contribution in [3.63, 3.8) is 0 Å². The lowest BCUT2D eigenvalue weighted by atomic mass is 9.73. The van der Waals surface area contributed by atoms with Gasteiger partial charge in [-0.2, -0.15) is 5.10 Å². The fraction of sp³-hybridized carbons (Fsp3) is 0.750. The highest BCUT2D eigenvalue weighted by atomic mass is 16.2. The molecule has 0 aromatic carbocycles. The van der Waals surface area contributed by atoms with Crippen molar-refractivity contribution in [3.05, 3.63) is 17.5 Å². The van der Waals surface area contributed by atoms with Gasteiger partial charge < -0.3 is 11.1 Å². The van der Waals surface area contributed by atoms with Gasteiger partial charge in [-0.05, 0) is 38.2 Å². The fourth-order valence-corrected chi connectivity index (χ4v) is 3.31. The summed E-state index contributed by atoms with van der Waals surface area (Å²) in [5, 5.41) is 7.69. The van der Waals surface area contributed by atoms with Crippen molar-refractivity contribution in [2.45, 2.75) is 65.0 Å². The van der Waals surface area contributed by atoms with Crippen molar-refractivity contribution in [2.24, 2.45) is 11.7 Å². The third-order valence-electron chi connectivity index (χ3n) is 4.91. The molecule has 1 aromatic heterocycles. The van der Waals surface area contributed by atoms with E-state index in [1.807, 2.05) is 13.0 Å². The monoisotopic (exact) mass is 292 g/mol. The van der Waals surface area contributed by atoms with Crippen LogP contribution >= 0.6 is 0 Å². The number of carbonyl (C=O) groups is 1. The maximum Gasteiger partial charge on any atom is 0.270 e. The molecule has 1 aliphatic carbocycles. The zero-order valence-corrected chi connectivity index (χ0v) is 13.5. The van der Waals surface area contributed by atoms with Crippen LogP contribution in [-0.4, -0.2) is 27.8 Å². The minimum atomic E-state index is -0.259. The molecule has 1 aliphatic rings. The molecule has 2 rings (SSSR count). The van der Waals surface area contributed by atoms with Crippen molar-refractivity contribution >= 4 is 5.91 Å². The van der Waals surface area contributed by atoms with Gasteiger partial charge in [0.2, 0.25) is 0 Å². The van der Waals surface area contributed by atoms with Crippen LogP contribution in [0.5, 0.6) is 0 Å². The lowest BCUT2D eigenvalue weighted by molar-refractivity contribution is 0.0802. The summed E-state index contributed by atoms with van der Waals surface area (Å²) >= 11 is 0. The van der Waals surface area contributed by atoms with Gasteiger partial charge in [0.1, 0.15) is 5.69 Å². The predicted octanol–water partition coefficient (Wildman–Crippen LogP) is 2.10. The third kappa shape index (κ3) is 3.12. The average molecular weight is 292 g/mol. The van der Waals surface area contributed by atoms with E-state index in [-0.39, 0.29) is 11.4 Å². The highest BCUT2D eigenvalue weighted by Crippen LogP contribution is 2.33. The molecule has 0 radical (unpaired) electrons. The number of aryl methyl sites for hydroxylation is 2. The molecule has 1 aromatic rings. The Morgan fingerprint density at radius 1 is 1.52 bits per heavy atom. The van der Waals surface area contributed by atoms with Gasteiger partial charge in [-0.3, -0.25) is 9.48 Å². The lowest BCUT2D eigenvalue weighted by Gasteiger charge is -2.42. The van der Waals surface area contributed by atoms with Gasteiger partial charge in [0.05, 0.1) is 11.2 Å². The molecule has 5 heteroatoms. The van der Waals surface area contributed by atoms with Gasteiger partial charge in [0.25, 0.3) is 5.91 Å². The molecule has 1 saturated carbocycles. The molecule has 0 aliphatic heterocycles. The minimum absolute atomic E-state index is 0.0387. The number of hydrogen-bond donors (Lipinski definition) is 2. The largest absolute Gasteiger partial charge is 0.344 e. The molecule has 0 spiro atoms. The maximum atomic E-state index is 12.7. The number of hydrogen-bond acceptors (Lipinski definition) is 3. The minimum Gasteiger partial charge on any atom is -0.344 e. The zero-order chi connectivity index (χ0) is 15.5. The van der Waals surface area contributed by atoms with Gasteiger partial charge in [0.15, 0.2) is 0 Å². The Hall–Kier alpha value is -1.36. The molecule has 0 bridgehead atoms. The summed E-state index contributed by atoms with van der Waals surface area (Å²) in [7, 11) is 0. The topological polar surface area (TPSA) is 72.9 Å². The van der Waals surface area contributed by atoms with Crippen LogP contribution in [0, 0.1) is 5.92 Å². The van der Waals surface area contributed by atoms with Gasteiger partial charge in [-0.25, -0.2) is 0 Å². The molecular formula is C16H28N4O. The second-order valence-electron chi connectivity index (χ2n) is 6.15. The van der Waals surface area contributed by atoms with E-state index < -0.39 is 0 Å². The van der Waals surface area contributed by atoms with E-state index in [2.05, 4.69) is 24.3 Å². The van der Waals surface area contributed by atoms with E-state index in [0.717, 1.165) is 31.4 Å². The summed E-state index contributed by atoms with van der Waals surface area (Å²) in [5.41, 5.74) is 7.37. The molecule has 21 heavy (non-hydrogen) atoms. The molecule has 1 heterocycles. The van der Waals surface area contributed by atoms with E-state index in [1.165, 1.54) is 6.42 Å². The van der Waals surface area contributed by atoms with Crippen LogP contribution < -0.4 is 11.1 Å². The van der Waals surface area contributed by atoms with E-state index in [4.69, 9.17) is 5.73 Å². The second-order valence-corrected chi connectivity index (χ2v) is 6.15. The first-order valence-corrected chi connectivity index (χ1v) is 8.15. The van der Waals surface area contributed by atoms with E-state index >= 15 is 0 Å². The van der Waals surface area contributed by atoms with Gasteiger partial charge >= 0.3 is 0 Å². The predicted molar refractivity (Wildman–Crippen MR) is 84.2 cm³/mol. The number of rotatable bonds is 5. The van der Waals surface area contributed by atoms with Crippen LogP contribution in [0.25, 0.3) is 0 Å². The van der Waals surface area contributed by atoms with Gasteiger partial charge in [-0.1, -0.05) is 26.7 Å². The lowest BCUT2D eigenvalue weighted by Crippen LogP contribution is -2.59. The summed E-state index contributed by atoms with van der Waals surface area (Å²) in [6.07, 6.45) is 5.30. The molecule has 118 valence electrons. The van der Waals surface area contributed by atoms with Crippen LogP contribution in [0.4, 0.5) is 0 Å². The normalized spacial score (nSPS) is 25.8. The number of nitrogens with one attached hydrogen (secondary N) is 1. The smallest absolute Gasteiger partial charge is 0.270 e. The molecule has 5 nitrogen and oxygen atoms in total. The van der Waals surface area contributed by atoms with Crippen molar-refractivity contribution in [2.75, 3.05) is 6.54 Å². The molecule has 2 atom stereocenters. The Balaban J connectivity index is 2.21. The summed E-state index contributed by atoms with van der Waals surface area (Å²) in [4.78, 5) is 12.7. The van der Waals surface area contributed by atoms with Gasteiger partial charge in [0, 0.05) is 13.1 Å². The number of nitrogens with two attached hydrogens (primary N) is 1. The van der Waals surface area contributed by atoms with E-state index in [0.29, 0.717) is 24.7 Å². The number of carbonyl (C=O) groups excluding carboxylic acids is 1.